The second-order valence-corrected chi connectivity index (χ2v) is 5.93. The predicted molar refractivity (Wildman–Crippen MR) is 86.4 cm³/mol. The number of carbonyl (C=O) groups excluding carboxylic acids is 1. The van der Waals surface area contributed by atoms with E-state index >= 15 is 0 Å². The van der Waals surface area contributed by atoms with E-state index in [2.05, 4.69) is 10.6 Å². The molecule has 122 valence electrons. The maximum Gasteiger partial charge on any atom is 0.234 e. The van der Waals surface area contributed by atoms with E-state index in [1.54, 1.807) is 14.2 Å². The maximum absolute atomic E-state index is 12.0. The Bertz CT molecular complexity index is 527. The third-order valence-electron chi connectivity index (χ3n) is 4.03. The Hall–Kier alpha value is -1.75. The Morgan fingerprint density at radius 1 is 1.27 bits per heavy atom. The van der Waals surface area contributed by atoms with Gasteiger partial charge in [-0.25, -0.2) is 0 Å². The molecular weight excluding hydrogens is 280 g/mol. The van der Waals surface area contributed by atoms with Gasteiger partial charge in [-0.2, -0.15) is 0 Å². The van der Waals surface area contributed by atoms with Crippen LogP contribution in [0.3, 0.4) is 0 Å². The zero-order valence-corrected chi connectivity index (χ0v) is 13.9. The molecule has 0 bridgehead atoms. The van der Waals surface area contributed by atoms with Gasteiger partial charge in [0, 0.05) is 0 Å². The van der Waals surface area contributed by atoms with E-state index in [9.17, 15) is 4.79 Å². The van der Waals surface area contributed by atoms with Crippen molar-refractivity contribution < 1.29 is 14.3 Å². The maximum atomic E-state index is 12.0. The summed E-state index contributed by atoms with van der Waals surface area (Å²) in [6.07, 6.45) is 2.58. The molecule has 0 radical (unpaired) electrons. The fraction of sp³-hybridized carbons (Fsp3) is 0.588. The van der Waals surface area contributed by atoms with Crippen LogP contribution < -0.4 is 20.1 Å². The zero-order valence-electron chi connectivity index (χ0n) is 13.9. The van der Waals surface area contributed by atoms with Gasteiger partial charge in [-0.3, -0.25) is 4.79 Å². The molecule has 0 saturated heterocycles. The molecule has 1 aliphatic rings. The number of ether oxygens (including phenoxy) is 2. The van der Waals surface area contributed by atoms with Crippen LogP contribution in [0.2, 0.25) is 0 Å². The van der Waals surface area contributed by atoms with Gasteiger partial charge in [0.1, 0.15) is 0 Å². The van der Waals surface area contributed by atoms with Gasteiger partial charge >= 0.3 is 0 Å². The number of rotatable bonds is 8. The van der Waals surface area contributed by atoms with Crippen LogP contribution in [-0.2, 0) is 4.79 Å². The van der Waals surface area contributed by atoms with Gasteiger partial charge in [-0.05, 0) is 62.4 Å². The van der Waals surface area contributed by atoms with Gasteiger partial charge in [-0.15, -0.1) is 0 Å². The number of carbonyl (C=O) groups is 1. The molecule has 1 aromatic carbocycles. The molecule has 1 aliphatic carbocycles. The molecule has 1 amide bonds. The number of methoxy groups -OCH3 is 2. The van der Waals surface area contributed by atoms with Crippen molar-refractivity contribution in [2.45, 2.75) is 32.7 Å². The highest BCUT2D eigenvalue weighted by Crippen LogP contribution is 2.32. The van der Waals surface area contributed by atoms with E-state index in [1.165, 1.54) is 12.8 Å². The van der Waals surface area contributed by atoms with Crippen LogP contribution in [0.25, 0.3) is 0 Å². The number of benzene rings is 1. The van der Waals surface area contributed by atoms with Crippen LogP contribution in [0, 0.1) is 12.8 Å². The summed E-state index contributed by atoms with van der Waals surface area (Å²) in [5, 5.41) is 6.22. The third-order valence-corrected chi connectivity index (χ3v) is 4.03. The largest absolute Gasteiger partial charge is 0.493 e. The molecule has 1 atom stereocenters. The molecule has 0 aromatic heterocycles. The number of nitrogens with one attached hydrogen (secondary N) is 2. The summed E-state index contributed by atoms with van der Waals surface area (Å²) in [6, 6.07) is 3.79. The van der Waals surface area contributed by atoms with Crippen molar-refractivity contribution >= 4 is 5.91 Å². The van der Waals surface area contributed by atoms with E-state index < -0.39 is 0 Å². The molecule has 22 heavy (non-hydrogen) atoms. The summed E-state index contributed by atoms with van der Waals surface area (Å²) in [6.45, 7) is 5.29. The van der Waals surface area contributed by atoms with Crippen molar-refractivity contribution in [2.24, 2.45) is 5.92 Å². The predicted octanol–water partition coefficient (Wildman–Crippen LogP) is 2.19. The summed E-state index contributed by atoms with van der Waals surface area (Å²) >= 11 is 0. The minimum absolute atomic E-state index is 0.0161. The van der Waals surface area contributed by atoms with Crippen LogP contribution in [0.4, 0.5) is 0 Å². The molecule has 2 rings (SSSR count). The Morgan fingerprint density at radius 3 is 2.50 bits per heavy atom. The summed E-state index contributed by atoms with van der Waals surface area (Å²) in [5.74, 6) is 2.17. The third kappa shape index (κ3) is 4.37. The molecular formula is C17H26N2O3. The molecule has 1 fully saturated rings. The molecule has 0 aliphatic heterocycles. The Labute approximate surface area is 132 Å². The smallest absolute Gasteiger partial charge is 0.234 e. The van der Waals surface area contributed by atoms with E-state index in [-0.39, 0.29) is 11.9 Å². The lowest BCUT2D eigenvalue weighted by atomic mass is 10.0. The second kappa shape index (κ2) is 7.49. The minimum atomic E-state index is -0.0740. The Morgan fingerprint density at radius 2 is 1.91 bits per heavy atom. The van der Waals surface area contributed by atoms with Gasteiger partial charge < -0.3 is 20.1 Å². The zero-order chi connectivity index (χ0) is 16.1. The van der Waals surface area contributed by atoms with Crippen LogP contribution >= 0.6 is 0 Å². The van der Waals surface area contributed by atoms with Crippen LogP contribution in [-0.4, -0.2) is 33.2 Å². The number of hydrogen-bond acceptors (Lipinski definition) is 4. The van der Waals surface area contributed by atoms with Crippen molar-refractivity contribution in [3.8, 4) is 11.5 Å². The molecule has 1 unspecified atom stereocenters. The summed E-state index contributed by atoms with van der Waals surface area (Å²) in [4.78, 5) is 12.0. The molecule has 1 saturated carbocycles. The molecule has 2 N–H and O–H groups in total. The highest BCUT2D eigenvalue weighted by Gasteiger charge is 2.21. The van der Waals surface area contributed by atoms with Gasteiger partial charge in [0.25, 0.3) is 0 Å². The monoisotopic (exact) mass is 306 g/mol. The quantitative estimate of drug-likeness (QED) is 0.773. The van der Waals surface area contributed by atoms with E-state index in [0.717, 1.165) is 23.6 Å². The van der Waals surface area contributed by atoms with Crippen LogP contribution in [0.1, 0.15) is 36.9 Å². The van der Waals surface area contributed by atoms with Gasteiger partial charge in [0.15, 0.2) is 11.5 Å². The molecule has 0 spiro atoms. The summed E-state index contributed by atoms with van der Waals surface area (Å²) in [5.41, 5.74) is 2.10. The van der Waals surface area contributed by atoms with Gasteiger partial charge in [-0.1, -0.05) is 0 Å². The van der Waals surface area contributed by atoms with Gasteiger partial charge in [0.05, 0.1) is 26.8 Å². The Kier molecular flexibility index (Phi) is 5.66. The average Bonchev–Trinajstić information content (AvgIpc) is 3.30. The second-order valence-electron chi connectivity index (χ2n) is 5.93. The standard InChI is InChI=1S/C17H26N2O3/c1-11-7-15(21-3)16(22-4)8-14(11)12(2)19-17(20)10-18-9-13-5-6-13/h7-8,12-13,18H,5-6,9-10H2,1-4H3,(H,19,20). The van der Waals surface area contributed by atoms with E-state index in [4.69, 9.17) is 9.47 Å². The lowest BCUT2D eigenvalue weighted by Gasteiger charge is -2.19. The fourth-order valence-corrected chi connectivity index (χ4v) is 2.54. The highest BCUT2D eigenvalue weighted by atomic mass is 16.5. The first-order chi connectivity index (χ1) is 10.5. The van der Waals surface area contributed by atoms with Crippen molar-refractivity contribution in [1.82, 2.24) is 10.6 Å². The first-order valence-electron chi connectivity index (χ1n) is 7.77. The molecule has 0 heterocycles. The highest BCUT2D eigenvalue weighted by molar-refractivity contribution is 5.78. The Balaban J connectivity index is 1.95. The fourth-order valence-electron chi connectivity index (χ4n) is 2.54. The van der Waals surface area contributed by atoms with Gasteiger partial charge in [0.2, 0.25) is 5.91 Å². The number of amides is 1. The SMILES string of the molecule is COc1cc(C)c(C(C)NC(=O)CNCC2CC2)cc1OC. The lowest BCUT2D eigenvalue weighted by Crippen LogP contribution is -2.36. The first kappa shape index (κ1) is 16.6. The summed E-state index contributed by atoms with van der Waals surface area (Å²) in [7, 11) is 3.23. The van der Waals surface area contributed by atoms with E-state index in [0.29, 0.717) is 18.0 Å². The molecule has 1 aromatic rings. The number of hydrogen-bond donors (Lipinski definition) is 2. The van der Waals surface area contributed by atoms with Crippen molar-refractivity contribution in [3.05, 3.63) is 23.3 Å². The van der Waals surface area contributed by atoms with E-state index in [1.807, 2.05) is 26.0 Å². The topological polar surface area (TPSA) is 59.6 Å². The molecule has 5 heteroatoms. The van der Waals surface area contributed by atoms with Crippen LogP contribution in [0.15, 0.2) is 12.1 Å². The van der Waals surface area contributed by atoms with Crippen molar-refractivity contribution in [2.75, 3.05) is 27.3 Å². The van der Waals surface area contributed by atoms with Crippen molar-refractivity contribution in [3.63, 3.8) is 0 Å². The molecule has 5 nitrogen and oxygen atoms in total. The summed E-state index contributed by atoms with van der Waals surface area (Å²) < 4.78 is 10.6. The number of aryl methyl sites for hydroxylation is 1. The van der Waals surface area contributed by atoms with Crippen molar-refractivity contribution in [1.29, 1.82) is 0 Å². The lowest BCUT2D eigenvalue weighted by molar-refractivity contribution is -0.120. The normalized spacial score (nSPS) is 15.3. The van der Waals surface area contributed by atoms with Crippen LogP contribution in [0.5, 0.6) is 11.5 Å². The first-order valence-corrected chi connectivity index (χ1v) is 7.77. The average molecular weight is 306 g/mol. The minimum Gasteiger partial charge on any atom is -0.493 e.